The normalized spacial score (nSPS) is 22.1. The molecule has 15 heavy (non-hydrogen) atoms. The molecule has 0 fully saturated rings. The fraction of sp³-hybridized carbons (Fsp3) is 0.538. The molecule has 1 aliphatic carbocycles. The van der Waals surface area contributed by atoms with Gasteiger partial charge in [-0.25, -0.2) is 0 Å². The highest BCUT2D eigenvalue weighted by atomic mass is 15.2. The van der Waals surface area contributed by atoms with Gasteiger partial charge in [-0.15, -0.1) is 0 Å². The number of nitrogens with one attached hydrogen (secondary N) is 1. The summed E-state index contributed by atoms with van der Waals surface area (Å²) in [6, 6.07) is 9.22. The van der Waals surface area contributed by atoms with Crippen molar-refractivity contribution in [2.75, 3.05) is 0 Å². The Morgan fingerprint density at radius 3 is 3.00 bits per heavy atom. The van der Waals surface area contributed by atoms with Crippen LogP contribution in [0.4, 0.5) is 0 Å². The van der Waals surface area contributed by atoms with Crippen molar-refractivity contribution in [1.29, 1.82) is 0 Å². The molecule has 0 saturated carbocycles. The van der Waals surface area contributed by atoms with Crippen molar-refractivity contribution in [1.82, 2.24) is 5.43 Å². The summed E-state index contributed by atoms with van der Waals surface area (Å²) in [6.45, 7) is 2.20. The summed E-state index contributed by atoms with van der Waals surface area (Å²) in [5.74, 6) is 6.22. The standard InChI is InChI=1S/C13H20N2/c1-2-13(15-14)12-9-5-7-10-6-3-4-8-11(10)12/h3-4,6,8,12-13,15H,2,5,7,9,14H2,1H3. The molecule has 82 valence electrons. The van der Waals surface area contributed by atoms with E-state index in [2.05, 4.69) is 36.6 Å². The minimum absolute atomic E-state index is 0.423. The van der Waals surface area contributed by atoms with E-state index in [-0.39, 0.29) is 0 Å². The van der Waals surface area contributed by atoms with Crippen LogP contribution in [0.1, 0.15) is 43.2 Å². The molecule has 2 heteroatoms. The van der Waals surface area contributed by atoms with E-state index in [4.69, 9.17) is 5.84 Å². The molecular formula is C13H20N2. The highest BCUT2D eigenvalue weighted by Crippen LogP contribution is 2.34. The quantitative estimate of drug-likeness (QED) is 0.586. The maximum absolute atomic E-state index is 5.62. The van der Waals surface area contributed by atoms with Gasteiger partial charge < -0.3 is 0 Å². The molecule has 3 N–H and O–H groups in total. The molecule has 2 unspecified atom stereocenters. The molecule has 2 atom stereocenters. The molecule has 0 heterocycles. The lowest BCUT2D eigenvalue weighted by Gasteiger charge is -2.31. The molecule has 1 aromatic rings. The zero-order chi connectivity index (χ0) is 10.7. The second kappa shape index (κ2) is 4.77. The van der Waals surface area contributed by atoms with Crippen LogP contribution in [0.3, 0.4) is 0 Å². The number of benzene rings is 1. The van der Waals surface area contributed by atoms with Crippen LogP contribution in [0.5, 0.6) is 0 Å². The number of aryl methyl sites for hydroxylation is 1. The average Bonchev–Trinajstić information content (AvgIpc) is 2.31. The SMILES string of the molecule is CCC(NN)C1CCCc2ccccc21. The van der Waals surface area contributed by atoms with Gasteiger partial charge in [0.15, 0.2) is 0 Å². The van der Waals surface area contributed by atoms with Gasteiger partial charge in [0.1, 0.15) is 0 Å². The lowest BCUT2D eigenvalue weighted by molar-refractivity contribution is 0.388. The first kappa shape index (κ1) is 10.7. The predicted octanol–water partition coefficient (Wildman–Crippen LogP) is 2.35. The Kier molecular flexibility index (Phi) is 3.39. The van der Waals surface area contributed by atoms with Crippen molar-refractivity contribution in [3.8, 4) is 0 Å². The Morgan fingerprint density at radius 2 is 2.27 bits per heavy atom. The van der Waals surface area contributed by atoms with E-state index in [0.29, 0.717) is 12.0 Å². The van der Waals surface area contributed by atoms with Gasteiger partial charge in [-0.3, -0.25) is 11.3 Å². The Balaban J connectivity index is 2.28. The third kappa shape index (κ3) is 2.06. The molecule has 0 radical (unpaired) electrons. The van der Waals surface area contributed by atoms with Crippen LogP contribution in [0.15, 0.2) is 24.3 Å². The number of hydrogen-bond donors (Lipinski definition) is 2. The molecule has 0 bridgehead atoms. The molecule has 0 amide bonds. The van der Waals surface area contributed by atoms with Crippen LogP contribution >= 0.6 is 0 Å². The first-order valence-corrected chi connectivity index (χ1v) is 5.90. The average molecular weight is 204 g/mol. The fourth-order valence-electron chi connectivity index (χ4n) is 2.73. The number of hydrazine groups is 1. The zero-order valence-electron chi connectivity index (χ0n) is 9.37. The summed E-state index contributed by atoms with van der Waals surface area (Å²) in [5.41, 5.74) is 5.99. The molecule has 1 aliphatic rings. The molecule has 0 aliphatic heterocycles. The van der Waals surface area contributed by atoms with E-state index in [1.807, 2.05) is 0 Å². The highest BCUT2D eigenvalue weighted by Gasteiger charge is 2.25. The number of nitrogens with two attached hydrogens (primary N) is 1. The smallest absolute Gasteiger partial charge is 0.0276 e. The van der Waals surface area contributed by atoms with Gasteiger partial charge in [0.05, 0.1) is 0 Å². The Hall–Kier alpha value is -0.860. The Morgan fingerprint density at radius 1 is 1.47 bits per heavy atom. The van der Waals surface area contributed by atoms with Gasteiger partial charge >= 0.3 is 0 Å². The summed E-state index contributed by atoms with van der Waals surface area (Å²) in [7, 11) is 0. The summed E-state index contributed by atoms with van der Waals surface area (Å²) in [4.78, 5) is 0. The maximum atomic E-state index is 5.62. The number of fused-ring (bicyclic) bond motifs is 1. The highest BCUT2D eigenvalue weighted by molar-refractivity contribution is 5.33. The van der Waals surface area contributed by atoms with Crippen LogP contribution in [0, 0.1) is 0 Å². The van der Waals surface area contributed by atoms with Gasteiger partial charge in [0.2, 0.25) is 0 Å². The van der Waals surface area contributed by atoms with Gasteiger partial charge in [-0.1, -0.05) is 31.2 Å². The summed E-state index contributed by atoms with van der Waals surface area (Å²) < 4.78 is 0. The minimum Gasteiger partial charge on any atom is -0.271 e. The monoisotopic (exact) mass is 204 g/mol. The van der Waals surface area contributed by atoms with Crippen molar-refractivity contribution in [2.24, 2.45) is 5.84 Å². The first-order chi connectivity index (χ1) is 7.36. The van der Waals surface area contributed by atoms with E-state index in [1.54, 1.807) is 0 Å². The van der Waals surface area contributed by atoms with Crippen molar-refractivity contribution in [3.63, 3.8) is 0 Å². The topological polar surface area (TPSA) is 38.0 Å². The van der Waals surface area contributed by atoms with E-state index in [0.717, 1.165) is 6.42 Å². The molecule has 0 spiro atoms. The summed E-state index contributed by atoms with van der Waals surface area (Å²) >= 11 is 0. The lowest BCUT2D eigenvalue weighted by Crippen LogP contribution is -2.40. The second-order valence-electron chi connectivity index (χ2n) is 4.38. The third-order valence-electron chi connectivity index (χ3n) is 3.56. The van der Waals surface area contributed by atoms with E-state index >= 15 is 0 Å². The van der Waals surface area contributed by atoms with E-state index < -0.39 is 0 Å². The lowest BCUT2D eigenvalue weighted by atomic mass is 9.78. The van der Waals surface area contributed by atoms with E-state index in [1.165, 1.54) is 30.4 Å². The molecule has 2 rings (SSSR count). The number of rotatable bonds is 3. The number of hydrogen-bond acceptors (Lipinski definition) is 2. The molecule has 1 aromatic carbocycles. The molecule has 0 saturated heterocycles. The van der Waals surface area contributed by atoms with Gasteiger partial charge in [-0.2, -0.15) is 0 Å². The fourth-order valence-corrected chi connectivity index (χ4v) is 2.73. The third-order valence-corrected chi connectivity index (χ3v) is 3.56. The van der Waals surface area contributed by atoms with Gasteiger partial charge in [0.25, 0.3) is 0 Å². The zero-order valence-corrected chi connectivity index (χ0v) is 9.37. The van der Waals surface area contributed by atoms with Crippen LogP contribution in [-0.4, -0.2) is 6.04 Å². The first-order valence-electron chi connectivity index (χ1n) is 5.90. The maximum Gasteiger partial charge on any atom is 0.0276 e. The van der Waals surface area contributed by atoms with Crippen LogP contribution in [0.25, 0.3) is 0 Å². The van der Waals surface area contributed by atoms with Crippen molar-refractivity contribution < 1.29 is 0 Å². The van der Waals surface area contributed by atoms with Gasteiger partial charge in [-0.05, 0) is 36.8 Å². The van der Waals surface area contributed by atoms with Crippen LogP contribution in [0.2, 0.25) is 0 Å². The van der Waals surface area contributed by atoms with Crippen LogP contribution in [-0.2, 0) is 6.42 Å². The molecule has 2 nitrogen and oxygen atoms in total. The van der Waals surface area contributed by atoms with Crippen molar-refractivity contribution in [3.05, 3.63) is 35.4 Å². The minimum atomic E-state index is 0.423. The Labute approximate surface area is 91.8 Å². The Bertz CT molecular complexity index is 318. The van der Waals surface area contributed by atoms with Crippen molar-refractivity contribution >= 4 is 0 Å². The molecular weight excluding hydrogens is 184 g/mol. The summed E-state index contributed by atoms with van der Waals surface area (Å²) in [6.07, 6.45) is 4.88. The van der Waals surface area contributed by atoms with E-state index in [9.17, 15) is 0 Å². The second-order valence-corrected chi connectivity index (χ2v) is 4.38. The van der Waals surface area contributed by atoms with Gasteiger partial charge in [0, 0.05) is 12.0 Å². The van der Waals surface area contributed by atoms with Crippen molar-refractivity contribution in [2.45, 2.75) is 44.6 Å². The molecule has 0 aromatic heterocycles. The summed E-state index contributed by atoms with van der Waals surface area (Å²) in [5, 5.41) is 0. The largest absolute Gasteiger partial charge is 0.271 e. The van der Waals surface area contributed by atoms with Crippen LogP contribution < -0.4 is 11.3 Å². The predicted molar refractivity (Wildman–Crippen MR) is 63.5 cm³/mol.